The first-order valence-electron chi connectivity index (χ1n) is 8.77. The normalized spacial score (nSPS) is 16.8. The number of aromatic nitrogens is 2. The van der Waals surface area contributed by atoms with Crippen molar-refractivity contribution in [3.63, 3.8) is 0 Å². The summed E-state index contributed by atoms with van der Waals surface area (Å²) in [6.45, 7) is 1.72. The third-order valence-corrected chi connectivity index (χ3v) is 6.30. The Balaban J connectivity index is 1.60. The van der Waals surface area contributed by atoms with Gasteiger partial charge in [0.2, 0.25) is 21.8 Å². The van der Waals surface area contributed by atoms with Crippen LogP contribution in [0.5, 0.6) is 0 Å². The van der Waals surface area contributed by atoms with Crippen molar-refractivity contribution in [1.29, 1.82) is 0 Å². The number of carbonyl (C=O) groups excluding carboxylic acids is 1. The molecule has 1 atom stereocenters. The Morgan fingerprint density at radius 3 is 2.74 bits per heavy atom. The summed E-state index contributed by atoms with van der Waals surface area (Å²) in [7, 11) is -3.83. The van der Waals surface area contributed by atoms with Gasteiger partial charge in [0.05, 0.1) is 10.1 Å². The van der Waals surface area contributed by atoms with Crippen LogP contribution >= 0.6 is 11.8 Å². The Morgan fingerprint density at radius 1 is 1.30 bits per heavy atom. The van der Waals surface area contributed by atoms with Gasteiger partial charge in [-0.05, 0) is 38.0 Å². The van der Waals surface area contributed by atoms with Gasteiger partial charge in [-0.15, -0.1) is 10.2 Å². The van der Waals surface area contributed by atoms with Crippen LogP contribution in [-0.4, -0.2) is 29.8 Å². The van der Waals surface area contributed by atoms with Crippen LogP contribution in [-0.2, 0) is 14.8 Å². The molecule has 1 aromatic heterocycles. The van der Waals surface area contributed by atoms with Crippen LogP contribution in [0.3, 0.4) is 0 Å². The van der Waals surface area contributed by atoms with Crippen LogP contribution in [0.2, 0.25) is 0 Å². The maximum Gasteiger partial charge on any atom is 0.277 e. The molecule has 3 rings (SSSR count). The minimum Gasteiger partial charge on any atom is -0.416 e. The second-order valence-corrected chi connectivity index (χ2v) is 9.42. The number of carbonyl (C=O) groups is 1. The van der Waals surface area contributed by atoms with E-state index in [1.54, 1.807) is 13.0 Å². The van der Waals surface area contributed by atoms with Crippen LogP contribution in [0.4, 0.5) is 5.69 Å². The smallest absolute Gasteiger partial charge is 0.277 e. The number of amides is 1. The SMILES string of the molecule is C[C@H](Sc1nnc(C2CCCCC2)o1)C(=O)Nc1cccc(S(N)(=O)=O)c1. The summed E-state index contributed by atoms with van der Waals surface area (Å²) in [4.78, 5) is 12.3. The topological polar surface area (TPSA) is 128 Å². The number of rotatable bonds is 6. The van der Waals surface area contributed by atoms with Crippen LogP contribution in [0.1, 0.15) is 50.8 Å². The van der Waals surface area contributed by atoms with Gasteiger partial charge in [-0.3, -0.25) is 4.79 Å². The minimum absolute atomic E-state index is 0.0605. The van der Waals surface area contributed by atoms with E-state index < -0.39 is 15.3 Å². The van der Waals surface area contributed by atoms with E-state index in [9.17, 15) is 13.2 Å². The molecule has 1 amide bonds. The van der Waals surface area contributed by atoms with E-state index in [4.69, 9.17) is 9.56 Å². The van der Waals surface area contributed by atoms with E-state index >= 15 is 0 Å². The number of hydrogen-bond acceptors (Lipinski definition) is 7. The first kappa shape index (κ1) is 19.8. The number of sulfonamides is 1. The average molecular weight is 411 g/mol. The lowest BCUT2D eigenvalue weighted by Gasteiger charge is -2.17. The highest BCUT2D eigenvalue weighted by Gasteiger charge is 2.23. The molecule has 1 saturated carbocycles. The molecular weight excluding hydrogens is 388 g/mol. The Kier molecular flexibility index (Phi) is 6.18. The summed E-state index contributed by atoms with van der Waals surface area (Å²) < 4.78 is 28.5. The highest BCUT2D eigenvalue weighted by atomic mass is 32.2. The van der Waals surface area contributed by atoms with Crippen molar-refractivity contribution in [1.82, 2.24) is 10.2 Å². The molecule has 0 radical (unpaired) electrons. The highest BCUT2D eigenvalue weighted by molar-refractivity contribution is 8.00. The number of nitrogens with two attached hydrogens (primary N) is 1. The Hall–Kier alpha value is -1.91. The number of thioether (sulfide) groups is 1. The van der Waals surface area contributed by atoms with Crippen LogP contribution in [0, 0.1) is 0 Å². The van der Waals surface area contributed by atoms with Crippen LogP contribution < -0.4 is 10.5 Å². The van der Waals surface area contributed by atoms with Gasteiger partial charge in [0, 0.05) is 11.6 Å². The third kappa shape index (κ3) is 5.30. The predicted octanol–water partition coefficient (Wildman–Crippen LogP) is 2.88. The fraction of sp³-hybridized carbons (Fsp3) is 0.471. The molecule has 1 aromatic carbocycles. The third-order valence-electron chi connectivity index (χ3n) is 4.45. The molecule has 3 N–H and O–H groups in total. The van der Waals surface area contributed by atoms with Crippen molar-refractivity contribution in [3.8, 4) is 0 Å². The molecule has 27 heavy (non-hydrogen) atoms. The maximum atomic E-state index is 12.4. The molecule has 0 unspecified atom stereocenters. The Bertz CT molecular complexity index is 907. The number of hydrogen-bond donors (Lipinski definition) is 2. The number of nitrogens with zero attached hydrogens (tertiary/aromatic N) is 2. The fourth-order valence-electron chi connectivity index (χ4n) is 2.98. The molecule has 146 valence electrons. The first-order valence-corrected chi connectivity index (χ1v) is 11.2. The van der Waals surface area contributed by atoms with Crippen molar-refractivity contribution in [2.75, 3.05) is 5.32 Å². The van der Waals surface area contributed by atoms with E-state index in [0.717, 1.165) is 12.8 Å². The van der Waals surface area contributed by atoms with Crippen molar-refractivity contribution in [2.45, 2.75) is 60.3 Å². The predicted molar refractivity (Wildman–Crippen MR) is 102 cm³/mol. The van der Waals surface area contributed by atoms with E-state index in [0.29, 0.717) is 22.7 Å². The minimum atomic E-state index is -3.83. The largest absolute Gasteiger partial charge is 0.416 e. The molecule has 10 heteroatoms. The lowest BCUT2D eigenvalue weighted by molar-refractivity contribution is -0.115. The van der Waals surface area contributed by atoms with Gasteiger partial charge < -0.3 is 9.73 Å². The van der Waals surface area contributed by atoms with Crippen LogP contribution in [0.25, 0.3) is 0 Å². The van der Waals surface area contributed by atoms with Crippen molar-refractivity contribution in [2.24, 2.45) is 5.14 Å². The summed E-state index contributed by atoms with van der Waals surface area (Å²) in [5, 5.41) is 15.8. The van der Waals surface area contributed by atoms with Gasteiger partial charge >= 0.3 is 0 Å². The van der Waals surface area contributed by atoms with E-state index in [2.05, 4.69) is 15.5 Å². The summed E-state index contributed by atoms with van der Waals surface area (Å²) >= 11 is 1.17. The number of nitrogens with one attached hydrogen (secondary N) is 1. The summed E-state index contributed by atoms with van der Waals surface area (Å²) in [5.41, 5.74) is 0.354. The first-order chi connectivity index (χ1) is 12.8. The molecule has 1 aliphatic carbocycles. The zero-order valence-corrected chi connectivity index (χ0v) is 16.6. The summed E-state index contributed by atoms with van der Waals surface area (Å²) in [6.07, 6.45) is 5.71. The lowest BCUT2D eigenvalue weighted by atomic mass is 9.89. The van der Waals surface area contributed by atoms with Gasteiger partial charge in [-0.2, -0.15) is 0 Å². The average Bonchev–Trinajstić information content (AvgIpc) is 3.10. The van der Waals surface area contributed by atoms with Gasteiger partial charge in [-0.25, -0.2) is 13.6 Å². The van der Waals surface area contributed by atoms with Gasteiger partial charge in [0.15, 0.2) is 0 Å². The molecule has 0 spiro atoms. The quantitative estimate of drug-likeness (QED) is 0.701. The highest BCUT2D eigenvalue weighted by Crippen LogP contribution is 2.33. The fourth-order valence-corrected chi connectivity index (χ4v) is 4.23. The van der Waals surface area contributed by atoms with Crippen molar-refractivity contribution in [3.05, 3.63) is 30.2 Å². The second kappa shape index (κ2) is 8.41. The Morgan fingerprint density at radius 2 is 2.04 bits per heavy atom. The molecule has 2 aromatic rings. The van der Waals surface area contributed by atoms with Crippen LogP contribution in [0.15, 0.2) is 38.8 Å². The molecule has 1 heterocycles. The zero-order chi connectivity index (χ0) is 19.4. The molecule has 1 aliphatic rings. The van der Waals surface area contributed by atoms with Gasteiger partial charge in [0.25, 0.3) is 5.22 Å². The van der Waals surface area contributed by atoms with Gasteiger partial charge in [0.1, 0.15) is 0 Å². The standard InChI is InChI=1S/C17H22N4O4S2/c1-11(15(22)19-13-8-5-9-14(10-13)27(18,23)24)26-17-21-20-16(25-17)12-6-3-2-4-7-12/h5,8-12H,2-4,6-7H2,1H3,(H,19,22)(H2,18,23,24)/t11-/m0/s1. The summed E-state index contributed by atoms with van der Waals surface area (Å²) in [6, 6.07) is 5.80. The van der Waals surface area contributed by atoms with E-state index in [1.165, 1.54) is 49.2 Å². The van der Waals surface area contributed by atoms with Crippen molar-refractivity contribution >= 4 is 33.4 Å². The Labute approximate surface area is 162 Å². The molecule has 8 nitrogen and oxygen atoms in total. The lowest BCUT2D eigenvalue weighted by Crippen LogP contribution is -2.22. The number of benzene rings is 1. The molecule has 0 bridgehead atoms. The maximum absolute atomic E-state index is 12.4. The zero-order valence-electron chi connectivity index (χ0n) is 14.9. The molecular formula is C17H22N4O4S2. The van der Waals surface area contributed by atoms with E-state index in [1.807, 2.05) is 0 Å². The van der Waals surface area contributed by atoms with Gasteiger partial charge in [-0.1, -0.05) is 37.1 Å². The van der Waals surface area contributed by atoms with Crippen molar-refractivity contribution < 1.29 is 17.6 Å². The van der Waals surface area contributed by atoms with E-state index in [-0.39, 0.29) is 10.8 Å². The molecule has 0 saturated heterocycles. The second-order valence-electron chi connectivity index (χ2n) is 6.56. The monoisotopic (exact) mass is 410 g/mol. The number of primary sulfonamides is 1. The molecule has 1 fully saturated rings. The number of anilines is 1. The molecule has 0 aliphatic heterocycles. The summed E-state index contributed by atoms with van der Waals surface area (Å²) in [5.74, 6) is 0.653.